The molecule has 8 aliphatic carbocycles. The molecular formula is C98H170. The zero-order valence-corrected chi connectivity index (χ0v) is 71.7. The van der Waals surface area contributed by atoms with E-state index >= 15 is 0 Å². The summed E-state index contributed by atoms with van der Waals surface area (Å²) in [5.41, 5.74) is 15.9. The number of hydrogen-bond donors (Lipinski definition) is 0. The first kappa shape index (κ1) is 116. The molecule has 0 N–H and O–H groups in total. The molecule has 0 bridgehead atoms. The van der Waals surface area contributed by atoms with E-state index in [4.69, 9.17) is 0 Å². The smallest absolute Gasteiger partial charge is 0.00203 e. The van der Waals surface area contributed by atoms with Gasteiger partial charge in [-0.25, -0.2) is 0 Å². The quantitative estimate of drug-likeness (QED) is 0.188. The van der Waals surface area contributed by atoms with Crippen molar-refractivity contribution in [3.05, 3.63) is 286 Å². The Balaban J connectivity index is -0.0000000959. The lowest BCUT2D eigenvalue weighted by atomic mass is 9.82. The van der Waals surface area contributed by atoms with Gasteiger partial charge in [0, 0.05) is 0 Å². The highest BCUT2D eigenvalue weighted by Crippen LogP contribution is 2.45. The van der Waals surface area contributed by atoms with Gasteiger partial charge in [0.15, 0.2) is 0 Å². The van der Waals surface area contributed by atoms with Crippen LogP contribution < -0.4 is 0 Å². The largest absolute Gasteiger partial charge is 0.0808 e. The molecule has 12 rings (SSSR count). The summed E-state index contributed by atoms with van der Waals surface area (Å²) in [6, 6.07) is 38.6. The zero-order chi connectivity index (χ0) is 77.4. The van der Waals surface area contributed by atoms with Gasteiger partial charge in [-0.1, -0.05) is 502 Å². The molecule has 8 aliphatic rings. The fourth-order valence-electron chi connectivity index (χ4n) is 7.94. The van der Waals surface area contributed by atoms with Crippen LogP contribution >= 0.6 is 0 Å². The van der Waals surface area contributed by atoms with Gasteiger partial charge in [0.1, 0.15) is 0 Å². The van der Waals surface area contributed by atoms with E-state index in [-0.39, 0.29) is 0 Å². The Hall–Kier alpha value is -6.24. The maximum atomic E-state index is 2.31. The lowest BCUT2D eigenvalue weighted by Crippen LogP contribution is -2.10. The maximum Gasteiger partial charge on any atom is -0.00203 e. The first-order chi connectivity index (χ1) is 48.2. The van der Waals surface area contributed by atoms with E-state index < -0.39 is 0 Å². The third kappa shape index (κ3) is 80.4. The summed E-state index contributed by atoms with van der Waals surface area (Å²) in [6.45, 7) is 65.9. The van der Waals surface area contributed by atoms with E-state index in [1.54, 1.807) is 44.5 Å². The van der Waals surface area contributed by atoms with Gasteiger partial charge < -0.3 is 0 Å². The van der Waals surface area contributed by atoms with Crippen LogP contribution in [-0.2, 0) is 38.5 Å². The van der Waals surface area contributed by atoms with Crippen LogP contribution in [0.25, 0.3) is 0 Å². The average Bonchev–Trinajstić information content (AvgIpc) is 1.60. The number of rotatable bonds is 2. The normalized spacial score (nSPS) is 11.7. The van der Waals surface area contributed by atoms with Gasteiger partial charge in [-0.3, -0.25) is 0 Å². The molecule has 0 aromatic heterocycles. The fourth-order valence-corrected chi connectivity index (χ4v) is 7.94. The van der Waals surface area contributed by atoms with E-state index in [2.05, 4.69) is 291 Å². The highest BCUT2D eigenvalue weighted by Gasteiger charge is 2.31. The first-order valence-electron chi connectivity index (χ1n) is 40.5. The SMILES string of the molecule is C1=CCC=C1.C1=CCC=C1.C1=CCC=C1.C1=CCC=C1.C1=CCC=C1.CC.CC.CC.CC.CC.CC.CC.CC.CC.CCC.CCC.CCC.CCC.CCC.CCC.CCc1ccccc1CC.c1ccc2c(c1)CC1=C(C2)C2=C(C1)Cc1ccccc1C2.c1ccccc1. The van der Waals surface area contributed by atoms with Crippen LogP contribution in [-0.4, -0.2) is 0 Å². The van der Waals surface area contributed by atoms with Crippen LogP contribution in [0.4, 0.5) is 0 Å². The molecule has 0 saturated heterocycles. The van der Waals surface area contributed by atoms with Crippen molar-refractivity contribution in [3.63, 3.8) is 0 Å². The molecule has 0 atom stereocenters. The second-order valence-corrected chi connectivity index (χ2v) is 19.9. The number of fused-ring (bicyclic) bond motifs is 3. The number of hydrogen-bond acceptors (Lipinski definition) is 0. The molecule has 0 nitrogen and oxygen atoms in total. The van der Waals surface area contributed by atoms with Crippen LogP contribution in [0.15, 0.2) is 253 Å². The minimum atomic E-state index is 1.14. The Kier molecular flexibility index (Phi) is 136. The van der Waals surface area contributed by atoms with Gasteiger partial charge in [0.25, 0.3) is 0 Å². The fraction of sp³-hybridized carbons (Fsp3) is 0.510. The number of allylic oxidation sites excluding steroid dienone is 24. The average molecular weight is 1350 g/mol. The van der Waals surface area contributed by atoms with Crippen molar-refractivity contribution in [2.45, 2.75) is 337 Å². The molecule has 0 saturated carbocycles. The molecule has 0 aliphatic heterocycles. The topological polar surface area (TPSA) is 0 Å². The van der Waals surface area contributed by atoms with Gasteiger partial charge in [-0.05, 0) is 122 Å². The summed E-state index contributed by atoms with van der Waals surface area (Å²) in [6.07, 6.45) is 63.2. The minimum Gasteiger partial charge on any atom is -0.0808 e. The third-order valence-corrected chi connectivity index (χ3v) is 11.2. The van der Waals surface area contributed by atoms with Crippen molar-refractivity contribution in [2.75, 3.05) is 0 Å². The first-order valence-corrected chi connectivity index (χ1v) is 40.5. The molecule has 562 valence electrons. The number of aryl methyl sites for hydroxylation is 2. The predicted octanol–water partition coefficient (Wildman–Crippen LogP) is 34.3. The summed E-state index contributed by atoms with van der Waals surface area (Å²) >= 11 is 0. The second-order valence-electron chi connectivity index (χ2n) is 19.9. The molecule has 98 heavy (non-hydrogen) atoms. The molecular weight excluding hydrogens is 1180 g/mol. The molecule has 0 heteroatoms. The maximum absolute atomic E-state index is 2.31. The Labute approximate surface area is 619 Å². The molecule has 0 amide bonds. The van der Waals surface area contributed by atoms with E-state index in [0.29, 0.717) is 0 Å². The van der Waals surface area contributed by atoms with E-state index in [1.165, 1.54) is 68.9 Å². The lowest BCUT2D eigenvalue weighted by molar-refractivity contribution is 0.937. The Bertz CT molecular complexity index is 2090. The van der Waals surface area contributed by atoms with Crippen LogP contribution in [0.3, 0.4) is 0 Å². The van der Waals surface area contributed by atoms with E-state index in [9.17, 15) is 0 Å². The summed E-state index contributed by atoms with van der Waals surface area (Å²) in [5, 5.41) is 0. The summed E-state index contributed by atoms with van der Waals surface area (Å²) in [5.74, 6) is 0. The van der Waals surface area contributed by atoms with Crippen LogP contribution in [0.2, 0.25) is 0 Å². The highest BCUT2D eigenvalue weighted by molar-refractivity contribution is 5.59. The molecule has 0 radical (unpaired) electrons. The monoisotopic (exact) mass is 1350 g/mol. The van der Waals surface area contributed by atoms with E-state index in [0.717, 1.165) is 57.8 Å². The molecule has 4 aromatic rings. The predicted molar refractivity (Wildman–Crippen MR) is 470 cm³/mol. The van der Waals surface area contributed by atoms with Crippen molar-refractivity contribution in [3.8, 4) is 0 Å². The summed E-state index contributed by atoms with van der Waals surface area (Å²) < 4.78 is 0. The highest BCUT2D eigenvalue weighted by atomic mass is 14.4. The molecule has 4 aromatic carbocycles. The third-order valence-electron chi connectivity index (χ3n) is 11.2. The standard InChI is InChI=1S/C21H18.C10H14.C6H6.5C5H6.6C3H8.9C2H6/c1-3-7-16-12-20-18(9-14(16)5-1)11-19-10-15-6-2-4-8-17(15)13-21(19)20;1-3-9-7-5-6-8-10(9)4-2;1-2-4-6-5-3-1;5*1-2-4-5-3-1;6*1-3-2;9*1-2/h1-8H,9-13H2;5-8H,3-4H2,1-2H3;1-6H;5*1-4H,5H2;6*3H2,1-2H3;9*1-2H3. The summed E-state index contributed by atoms with van der Waals surface area (Å²) in [7, 11) is 0. The van der Waals surface area contributed by atoms with Crippen molar-refractivity contribution >= 4 is 0 Å². The number of benzene rings is 4. The minimum absolute atomic E-state index is 1.14. The van der Waals surface area contributed by atoms with Crippen LogP contribution in [0.1, 0.15) is 332 Å². The molecule has 0 fully saturated rings. The van der Waals surface area contributed by atoms with Crippen molar-refractivity contribution in [1.29, 1.82) is 0 Å². The summed E-state index contributed by atoms with van der Waals surface area (Å²) in [4.78, 5) is 0. The molecule has 0 unspecified atom stereocenters. The van der Waals surface area contributed by atoms with Gasteiger partial charge in [-0.2, -0.15) is 0 Å². The van der Waals surface area contributed by atoms with Crippen molar-refractivity contribution in [2.24, 2.45) is 0 Å². The Morgan fingerprint density at radius 3 is 0.490 bits per heavy atom. The van der Waals surface area contributed by atoms with Crippen molar-refractivity contribution < 1.29 is 0 Å². The molecule has 0 spiro atoms. The molecule has 0 heterocycles. The van der Waals surface area contributed by atoms with Gasteiger partial charge in [0.05, 0.1) is 0 Å². The Morgan fingerprint density at radius 2 is 0.347 bits per heavy atom. The lowest BCUT2D eigenvalue weighted by Gasteiger charge is -2.22. The Morgan fingerprint density at radius 1 is 0.194 bits per heavy atom. The van der Waals surface area contributed by atoms with Crippen molar-refractivity contribution in [1.82, 2.24) is 0 Å². The van der Waals surface area contributed by atoms with Gasteiger partial charge in [-0.15, -0.1) is 0 Å². The second kappa shape index (κ2) is 115. The van der Waals surface area contributed by atoms with Crippen LogP contribution in [0, 0.1) is 0 Å². The van der Waals surface area contributed by atoms with Gasteiger partial charge in [0.2, 0.25) is 0 Å². The van der Waals surface area contributed by atoms with E-state index in [1.807, 2.05) is 161 Å². The van der Waals surface area contributed by atoms with Crippen LogP contribution in [0.5, 0.6) is 0 Å². The van der Waals surface area contributed by atoms with Gasteiger partial charge >= 0.3 is 0 Å². The zero-order valence-electron chi connectivity index (χ0n) is 71.7.